The number of benzene rings is 1. The molecule has 1 aromatic carbocycles. The van der Waals surface area contributed by atoms with Crippen LogP contribution in [-0.2, 0) is 10.0 Å². The monoisotopic (exact) mass is 412 g/mol. The van der Waals surface area contributed by atoms with Gasteiger partial charge < -0.3 is 10.1 Å². The number of nitrogens with one attached hydrogen (secondary N) is 1. The Labute approximate surface area is 147 Å². The fourth-order valence-electron chi connectivity index (χ4n) is 2.63. The highest BCUT2D eigenvalue weighted by molar-refractivity contribution is 9.10. The van der Waals surface area contributed by atoms with Gasteiger partial charge in [0, 0.05) is 17.6 Å². The number of methoxy groups -OCH3 is 1. The topological polar surface area (TPSA) is 58.6 Å². The Morgan fingerprint density at radius 3 is 2.55 bits per heavy atom. The number of halogens is 2. The van der Waals surface area contributed by atoms with Crippen LogP contribution >= 0.6 is 28.3 Å². The van der Waals surface area contributed by atoms with Crippen LogP contribution in [0.15, 0.2) is 27.6 Å². The minimum absolute atomic E-state index is 0. The molecule has 1 saturated heterocycles. The van der Waals surface area contributed by atoms with Crippen molar-refractivity contribution in [3.8, 4) is 5.75 Å². The first-order valence-corrected chi connectivity index (χ1v) is 9.20. The van der Waals surface area contributed by atoms with Gasteiger partial charge in [-0.05, 0) is 50.6 Å². The van der Waals surface area contributed by atoms with E-state index in [-0.39, 0.29) is 17.3 Å². The lowest BCUT2D eigenvalue weighted by molar-refractivity contribution is 0.270. The van der Waals surface area contributed by atoms with E-state index in [0.717, 1.165) is 23.9 Å². The average Bonchev–Trinajstić information content (AvgIpc) is 2.48. The minimum Gasteiger partial charge on any atom is -0.495 e. The highest BCUT2D eigenvalue weighted by Gasteiger charge is 2.31. The van der Waals surface area contributed by atoms with Crippen molar-refractivity contribution in [3.63, 3.8) is 0 Å². The van der Waals surface area contributed by atoms with E-state index < -0.39 is 10.0 Å². The predicted molar refractivity (Wildman–Crippen MR) is 93.4 cm³/mol. The van der Waals surface area contributed by atoms with Crippen molar-refractivity contribution in [2.75, 3.05) is 33.8 Å². The lowest BCUT2D eigenvalue weighted by atomic mass is 9.98. The fourth-order valence-corrected chi connectivity index (χ4v) is 4.80. The van der Waals surface area contributed by atoms with Gasteiger partial charge in [-0.25, -0.2) is 8.42 Å². The summed E-state index contributed by atoms with van der Waals surface area (Å²) in [5.41, 5.74) is 0. The van der Waals surface area contributed by atoms with Crippen molar-refractivity contribution < 1.29 is 13.2 Å². The third-order valence-corrected chi connectivity index (χ3v) is 6.22. The zero-order valence-electron chi connectivity index (χ0n) is 12.7. The molecule has 126 valence electrons. The average molecular weight is 414 g/mol. The molecule has 0 unspecified atom stereocenters. The Hall–Kier alpha value is -0.340. The molecule has 0 saturated carbocycles. The normalized spacial score (nSPS) is 17.0. The lowest BCUT2D eigenvalue weighted by Gasteiger charge is -2.31. The van der Waals surface area contributed by atoms with E-state index >= 15 is 0 Å². The zero-order valence-corrected chi connectivity index (χ0v) is 15.9. The summed E-state index contributed by atoms with van der Waals surface area (Å²) >= 11 is 3.33. The molecular formula is C14H22BrClN2O3S. The van der Waals surface area contributed by atoms with Gasteiger partial charge in [0.15, 0.2) is 0 Å². The lowest BCUT2D eigenvalue weighted by Crippen LogP contribution is -2.40. The first-order valence-electron chi connectivity index (χ1n) is 6.97. The van der Waals surface area contributed by atoms with Crippen molar-refractivity contribution in [1.82, 2.24) is 9.62 Å². The molecule has 0 aromatic heterocycles. The standard InChI is InChI=1S/C14H21BrN2O3S.ClH/c1-16-10-11-5-7-17(8-6-11)21(18,19)14-9-12(15)3-4-13(14)20-2;/h3-4,9,11,16H,5-8,10H2,1-2H3;1H. The van der Waals surface area contributed by atoms with Crippen molar-refractivity contribution in [2.24, 2.45) is 5.92 Å². The van der Waals surface area contributed by atoms with E-state index in [1.807, 2.05) is 7.05 Å². The van der Waals surface area contributed by atoms with Crippen molar-refractivity contribution >= 4 is 38.4 Å². The molecule has 8 heteroatoms. The first kappa shape index (κ1) is 19.7. The van der Waals surface area contributed by atoms with Gasteiger partial charge in [-0.15, -0.1) is 12.4 Å². The molecule has 0 aliphatic carbocycles. The highest BCUT2D eigenvalue weighted by atomic mass is 79.9. The van der Waals surface area contributed by atoms with Gasteiger partial charge >= 0.3 is 0 Å². The van der Waals surface area contributed by atoms with Crippen LogP contribution in [0.5, 0.6) is 5.75 Å². The maximum Gasteiger partial charge on any atom is 0.246 e. The third kappa shape index (κ3) is 4.35. The maximum absolute atomic E-state index is 12.8. The summed E-state index contributed by atoms with van der Waals surface area (Å²) in [7, 11) is -0.0942. The first-order chi connectivity index (χ1) is 9.98. The fraction of sp³-hybridized carbons (Fsp3) is 0.571. The molecule has 2 rings (SSSR count). The molecule has 0 atom stereocenters. The van der Waals surface area contributed by atoms with Gasteiger partial charge in [-0.1, -0.05) is 15.9 Å². The van der Waals surface area contributed by atoms with Crippen LogP contribution in [-0.4, -0.2) is 46.5 Å². The predicted octanol–water partition coefficient (Wildman–Crippen LogP) is 2.50. The van der Waals surface area contributed by atoms with Gasteiger partial charge in [-0.3, -0.25) is 0 Å². The number of ether oxygens (including phenoxy) is 1. The molecule has 1 aromatic rings. The molecule has 0 spiro atoms. The highest BCUT2D eigenvalue weighted by Crippen LogP contribution is 2.31. The maximum atomic E-state index is 12.8. The largest absolute Gasteiger partial charge is 0.495 e. The van der Waals surface area contributed by atoms with Gasteiger partial charge in [0.2, 0.25) is 10.0 Å². The van der Waals surface area contributed by atoms with Crippen LogP contribution < -0.4 is 10.1 Å². The van der Waals surface area contributed by atoms with Crippen LogP contribution in [0.1, 0.15) is 12.8 Å². The van der Waals surface area contributed by atoms with E-state index in [9.17, 15) is 8.42 Å². The van der Waals surface area contributed by atoms with Gasteiger partial charge in [-0.2, -0.15) is 4.31 Å². The number of hydrogen-bond acceptors (Lipinski definition) is 4. The molecule has 22 heavy (non-hydrogen) atoms. The summed E-state index contributed by atoms with van der Waals surface area (Å²) in [5.74, 6) is 0.932. The molecule has 1 fully saturated rings. The van der Waals surface area contributed by atoms with Crippen LogP contribution in [0, 0.1) is 5.92 Å². The summed E-state index contributed by atoms with van der Waals surface area (Å²) in [6.45, 7) is 2.06. The Bertz CT molecular complexity index is 590. The molecular weight excluding hydrogens is 392 g/mol. The zero-order chi connectivity index (χ0) is 15.5. The molecule has 5 nitrogen and oxygen atoms in total. The van der Waals surface area contributed by atoms with Crippen molar-refractivity contribution in [1.29, 1.82) is 0 Å². The Morgan fingerprint density at radius 2 is 2.00 bits per heavy atom. The summed E-state index contributed by atoms with van der Waals surface area (Å²) in [6, 6.07) is 5.05. The molecule has 0 radical (unpaired) electrons. The number of rotatable bonds is 5. The quantitative estimate of drug-likeness (QED) is 0.806. The summed E-state index contributed by atoms with van der Waals surface area (Å²) in [4.78, 5) is 0.228. The van der Waals surface area contributed by atoms with Gasteiger partial charge in [0.25, 0.3) is 0 Å². The second kappa shape index (κ2) is 8.49. The summed E-state index contributed by atoms with van der Waals surface area (Å²) in [6.07, 6.45) is 1.77. The second-order valence-electron chi connectivity index (χ2n) is 5.20. The van der Waals surface area contributed by atoms with Crippen molar-refractivity contribution in [3.05, 3.63) is 22.7 Å². The van der Waals surface area contributed by atoms with E-state index in [0.29, 0.717) is 24.8 Å². The molecule has 0 bridgehead atoms. The van der Waals surface area contributed by atoms with E-state index in [1.54, 1.807) is 22.5 Å². The summed E-state index contributed by atoms with van der Waals surface area (Å²) in [5, 5.41) is 3.15. The van der Waals surface area contributed by atoms with Crippen LogP contribution in [0.3, 0.4) is 0 Å². The number of piperidine rings is 1. The van der Waals surface area contributed by atoms with Crippen LogP contribution in [0.2, 0.25) is 0 Å². The van der Waals surface area contributed by atoms with Crippen molar-refractivity contribution in [2.45, 2.75) is 17.7 Å². The van der Waals surface area contributed by atoms with Crippen LogP contribution in [0.25, 0.3) is 0 Å². The molecule has 1 N–H and O–H groups in total. The molecule has 1 heterocycles. The van der Waals surface area contributed by atoms with E-state index in [2.05, 4.69) is 21.2 Å². The van der Waals surface area contributed by atoms with E-state index in [4.69, 9.17) is 4.74 Å². The summed E-state index contributed by atoms with van der Waals surface area (Å²) < 4.78 is 33.1. The molecule has 0 amide bonds. The van der Waals surface area contributed by atoms with E-state index in [1.165, 1.54) is 7.11 Å². The Balaban J connectivity index is 0.00000242. The number of hydrogen-bond donors (Lipinski definition) is 1. The molecule has 1 aliphatic heterocycles. The second-order valence-corrected chi connectivity index (χ2v) is 8.02. The Morgan fingerprint density at radius 1 is 1.36 bits per heavy atom. The SMILES string of the molecule is CNCC1CCN(S(=O)(=O)c2cc(Br)ccc2OC)CC1.Cl. The minimum atomic E-state index is -3.51. The number of nitrogens with zero attached hydrogens (tertiary/aromatic N) is 1. The third-order valence-electron chi connectivity index (χ3n) is 3.81. The van der Waals surface area contributed by atoms with Gasteiger partial charge in [0.05, 0.1) is 7.11 Å². The Kier molecular flexibility index (Phi) is 7.61. The number of sulfonamides is 1. The molecule has 1 aliphatic rings. The smallest absolute Gasteiger partial charge is 0.246 e. The van der Waals surface area contributed by atoms with Gasteiger partial charge in [0.1, 0.15) is 10.6 Å². The van der Waals surface area contributed by atoms with Crippen LogP contribution in [0.4, 0.5) is 0 Å².